The summed E-state index contributed by atoms with van der Waals surface area (Å²) in [6, 6.07) is 7.75. The van der Waals surface area contributed by atoms with E-state index in [2.05, 4.69) is 29.6 Å². The molecule has 0 saturated carbocycles. The van der Waals surface area contributed by atoms with E-state index >= 15 is 0 Å². The Morgan fingerprint density at radius 3 is 2.31 bits per heavy atom. The Bertz CT molecular complexity index is 325. The number of urea groups is 1. The molecule has 0 aliphatic carbocycles. The van der Waals surface area contributed by atoms with E-state index in [1.807, 2.05) is 19.0 Å². The number of rotatable bonds is 4. The van der Waals surface area contributed by atoms with Crippen molar-refractivity contribution in [2.45, 2.75) is 6.42 Å². The molecule has 0 aromatic heterocycles. The van der Waals surface area contributed by atoms with Gasteiger partial charge in [0.15, 0.2) is 0 Å². The number of anilines is 1. The molecule has 0 radical (unpaired) electrons. The van der Waals surface area contributed by atoms with Crippen molar-refractivity contribution >= 4 is 24.1 Å². The lowest BCUT2D eigenvalue weighted by molar-refractivity contribution is 0.249. The molecule has 1 aromatic carbocycles. The highest BCUT2D eigenvalue weighted by molar-refractivity contribution is 5.85. The van der Waals surface area contributed by atoms with Gasteiger partial charge in [0.25, 0.3) is 0 Å². The highest BCUT2D eigenvalue weighted by Gasteiger charge is 1.97. The summed E-state index contributed by atoms with van der Waals surface area (Å²) in [5.74, 6) is 0. The maximum atomic E-state index is 10.4. The van der Waals surface area contributed by atoms with Crippen molar-refractivity contribution in [3.8, 4) is 0 Å². The van der Waals surface area contributed by atoms with Crippen molar-refractivity contribution in [1.82, 2.24) is 5.32 Å². The van der Waals surface area contributed by atoms with Gasteiger partial charge in [-0.05, 0) is 24.1 Å². The molecular formula is C11H18ClN3O. The van der Waals surface area contributed by atoms with Gasteiger partial charge < -0.3 is 16.0 Å². The topological polar surface area (TPSA) is 58.4 Å². The minimum Gasteiger partial charge on any atom is -0.378 e. The second kappa shape index (κ2) is 6.95. The quantitative estimate of drug-likeness (QED) is 0.840. The average Bonchev–Trinajstić information content (AvgIpc) is 2.18. The fourth-order valence-electron chi connectivity index (χ4n) is 1.29. The highest BCUT2D eigenvalue weighted by Crippen LogP contribution is 2.12. The number of benzene rings is 1. The Balaban J connectivity index is 0.00000225. The normalized spacial score (nSPS) is 9.12. The molecule has 1 aromatic rings. The summed E-state index contributed by atoms with van der Waals surface area (Å²) in [7, 11) is 4.01. The summed E-state index contributed by atoms with van der Waals surface area (Å²) >= 11 is 0. The first-order chi connectivity index (χ1) is 7.09. The zero-order valence-electron chi connectivity index (χ0n) is 9.56. The summed E-state index contributed by atoms with van der Waals surface area (Å²) < 4.78 is 0. The van der Waals surface area contributed by atoms with Crippen LogP contribution in [0.1, 0.15) is 5.56 Å². The van der Waals surface area contributed by atoms with Gasteiger partial charge >= 0.3 is 6.03 Å². The van der Waals surface area contributed by atoms with Crippen molar-refractivity contribution in [3.63, 3.8) is 0 Å². The Morgan fingerprint density at radius 2 is 1.88 bits per heavy atom. The molecule has 0 spiro atoms. The van der Waals surface area contributed by atoms with Crippen molar-refractivity contribution in [3.05, 3.63) is 29.8 Å². The Kier molecular flexibility index (Phi) is 6.34. The van der Waals surface area contributed by atoms with E-state index in [-0.39, 0.29) is 12.4 Å². The number of halogens is 1. The fraction of sp³-hybridized carbons (Fsp3) is 0.364. The highest BCUT2D eigenvalue weighted by atomic mass is 35.5. The first kappa shape index (κ1) is 14.6. The van der Waals surface area contributed by atoms with Gasteiger partial charge in [-0.25, -0.2) is 4.79 Å². The van der Waals surface area contributed by atoms with Crippen molar-refractivity contribution < 1.29 is 4.79 Å². The summed E-state index contributed by atoms with van der Waals surface area (Å²) in [5, 5.41) is 2.56. The molecule has 1 rings (SSSR count). The Morgan fingerprint density at radius 1 is 1.31 bits per heavy atom. The number of nitrogens with zero attached hydrogens (tertiary/aromatic N) is 1. The monoisotopic (exact) mass is 243 g/mol. The third kappa shape index (κ3) is 4.89. The molecule has 0 unspecified atom stereocenters. The van der Waals surface area contributed by atoms with Crippen LogP contribution in [0.3, 0.4) is 0 Å². The van der Waals surface area contributed by atoms with Crippen LogP contribution in [-0.4, -0.2) is 26.7 Å². The van der Waals surface area contributed by atoms with Crippen LogP contribution in [0.5, 0.6) is 0 Å². The molecule has 0 saturated heterocycles. The van der Waals surface area contributed by atoms with Gasteiger partial charge in [-0.15, -0.1) is 12.4 Å². The van der Waals surface area contributed by atoms with Gasteiger partial charge in [0.2, 0.25) is 0 Å². The van der Waals surface area contributed by atoms with Gasteiger partial charge in [-0.3, -0.25) is 0 Å². The Hall–Kier alpha value is -1.42. The fourth-order valence-corrected chi connectivity index (χ4v) is 1.29. The smallest absolute Gasteiger partial charge is 0.312 e. The molecule has 3 N–H and O–H groups in total. The van der Waals surface area contributed by atoms with Crippen LogP contribution in [-0.2, 0) is 6.42 Å². The summed E-state index contributed by atoms with van der Waals surface area (Å²) in [5.41, 5.74) is 7.32. The number of nitrogens with one attached hydrogen (secondary N) is 1. The third-order valence-electron chi connectivity index (χ3n) is 2.17. The van der Waals surface area contributed by atoms with Gasteiger partial charge in [0.1, 0.15) is 0 Å². The number of nitrogens with two attached hydrogens (primary N) is 1. The molecule has 0 heterocycles. The standard InChI is InChI=1S/C11H17N3O.ClH/c1-14(2)10-5-3-9(4-6-10)7-8-13-11(12)15;/h3-6H,7-8H2,1-2H3,(H3,12,13,15);1H. The molecule has 2 amide bonds. The second-order valence-corrected chi connectivity index (χ2v) is 3.60. The third-order valence-corrected chi connectivity index (χ3v) is 2.17. The number of primary amides is 1. The van der Waals surface area contributed by atoms with E-state index < -0.39 is 6.03 Å². The van der Waals surface area contributed by atoms with Crippen LogP contribution >= 0.6 is 12.4 Å². The van der Waals surface area contributed by atoms with Gasteiger partial charge in [-0.2, -0.15) is 0 Å². The number of hydrogen-bond acceptors (Lipinski definition) is 2. The van der Waals surface area contributed by atoms with Gasteiger partial charge in [-0.1, -0.05) is 12.1 Å². The minimum absolute atomic E-state index is 0. The predicted molar refractivity (Wildman–Crippen MR) is 69.3 cm³/mol. The van der Waals surface area contributed by atoms with Crippen LogP contribution < -0.4 is 16.0 Å². The summed E-state index contributed by atoms with van der Waals surface area (Å²) in [6.45, 7) is 0.580. The van der Waals surface area contributed by atoms with Crippen LogP contribution in [0.15, 0.2) is 24.3 Å². The number of carbonyl (C=O) groups excluding carboxylic acids is 1. The lowest BCUT2D eigenvalue weighted by atomic mass is 10.1. The number of hydrogen-bond donors (Lipinski definition) is 2. The first-order valence-corrected chi connectivity index (χ1v) is 4.89. The summed E-state index contributed by atoms with van der Waals surface area (Å²) in [4.78, 5) is 12.5. The van der Waals surface area contributed by atoms with Crippen LogP contribution in [0.25, 0.3) is 0 Å². The molecule has 0 aliphatic heterocycles. The Labute approximate surface area is 102 Å². The molecule has 0 bridgehead atoms. The molecule has 90 valence electrons. The van der Waals surface area contributed by atoms with E-state index in [9.17, 15) is 4.79 Å². The van der Waals surface area contributed by atoms with Crippen molar-refractivity contribution in [1.29, 1.82) is 0 Å². The average molecular weight is 244 g/mol. The zero-order chi connectivity index (χ0) is 11.3. The van der Waals surface area contributed by atoms with E-state index in [1.165, 1.54) is 11.3 Å². The number of carbonyl (C=O) groups is 1. The lowest BCUT2D eigenvalue weighted by Gasteiger charge is -2.12. The van der Waals surface area contributed by atoms with Crippen LogP contribution in [0.2, 0.25) is 0 Å². The molecular weight excluding hydrogens is 226 g/mol. The second-order valence-electron chi connectivity index (χ2n) is 3.60. The molecule has 16 heavy (non-hydrogen) atoms. The van der Waals surface area contributed by atoms with E-state index in [4.69, 9.17) is 5.73 Å². The van der Waals surface area contributed by atoms with E-state index in [0.29, 0.717) is 6.54 Å². The van der Waals surface area contributed by atoms with Gasteiger partial charge in [0, 0.05) is 26.3 Å². The SMILES string of the molecule is CN(C)c1ccc(CCNC(N)=O)cc1.Cl. The van der Waals surface area contributed by atoms with Gasteiger partial charge in [0.05, 0.1) is 0 Å². The minimum atomic E-state index is -0.472. The number of amides is 2. The van der Waals surface area contributed by atoms with Crippen molar-refractivity contribution in [2.75, 3.05) is 25.5 Å². The predicted octanol–water partition coefficient (Wildman–Crippen LogP) is 1.39. The van der Waals surface area contributed by atoms with Crippen LogP contribution in [0, 0.1) is 0 Å². The maximum absolute atomic E-state index is 10.4. The van der Waals surface area contributed by atoms with E-state index in [0.717, 1.165) is 6.42 Å². The van der Waals surface area contributed by atoms with Crippen LogP contribution in [0.4, 0.5) is 10.5 Å². The molecule has 4 nitrogen and oxygen atoms in total. The molecule has 0 aliphatic rings. The largest absolute Gasteiger partial charge is 0.378 e. The summed E-state index contributed by atoms with van der Waals surface area (Å²) in [6.07, 6.45) is 0.802. The molecule has 0 fully saturated rings. The maximum Gasteiger partial charge on any atom is 0.312 e. The molecule has 0 atom stereocenters. The first-order valence-electron chi connectivity index (χ1n) is 4.89. The lowest BCUT2D eigenvalue weighted by Crippen LogP contribution is -2.30. The van der Waals surface area contributed by atoms with E-state index in [1.54, 1.807) is 0 Å². The zero-order valence-corrected chi connectivity index (χ0v) is 10.4. The molecule has 5 heteroatoms. The van der Waals surface area contributed by atoms with Crippen molar-refractivity contribution in [2.24, 2.45) is 5.73 Å².